The maximum Gasteiger partial charge on any atom is 0.244 e. The molecule has 2 aliphatic rings. The fraction of sp³-hybridized carbons (Fsp3) is 0.263. The molecule has 6 N–H and O–H groups in total. The summed E-state index contributed by atoms with van der Waals surface area (Å²) in [6, 6.07) is 7.62. The second-order valence-corrected chi connectivity index (χ2v) is 11.3. The predicted molar refractivity (Wildman–Crippen MR) is 125 cm³/mol. The van der Waals surface area contributed by atoms with Gasteiger partial charge in [-0.25, -0.2) is 32.0 Å². The van der Waals surface area contributed by atoms with Gasteiger partial charge in [0.15, 0.2) is 18.5 Å². The molecular weight excluding hydrogens is 482 g/mol. The summed E-state index contributed by atoms with van der Waals surface area (Å²) in [6.07, 6.45) is 0. The molecule has 178 valence electrons. The van der Waals surface area contributed by atoms with E-state index in [1.165, 1.54) is 19.2 Å². The molecule has 0 spiro atoms. The number of nitrogens with one attached hydrogen (secondary N) is 2. The van der Waals surface area contributed by atoms with Crippen LogP contribution in [0.2, 0.25) is 0 Å². The molecule has 0 radical (unpaired) electrons. The summed E-state index contributed by atoms with van der Waals surface area (Å²) in [5.41, 5.74) is 7.67. The summed E-state index contributed by atoms with van der Waals surface area (Å²) < 4.78 is 54.0. The number of para-hydroxylation sites is 1. The van der Waals surface area contributed by atoms with Crippen molar-refractivity contribution < 1.29 is 16.8 Å². The Balaban J connectivity index is 1.86. The zero-order valence-corrected chi connectivity index (χ0v) is 19.6. The normalized spacial score (nSPS) is 16.9. The van der Waals surface area contributed by atoms with Crippen molar-refractivity contribution in [3.8, 4) is 11.1 Å². The van der Waals surface area contributed by atoms with Crippen molar-refractivity contribution in [3.05, 3.63) is 35.9 Å². The number of benzene rings is 2. The van der Waals surface area contributed by atoms with Gasteiger partial charge in [-0.3, -0.25) is 0 Å². The summed E-state index contributed by atoms with van der Waals surface area (Å²) in [6.45, 7) is 0.882. The Morgan fingerprint density at radius 2 is 1.85 bits per heavy atom. The lowest BCUT2D eigenvalue weighted by molar-refractivity contribution is 0.274. The number of sulfonamides is 2. The second-order valence-electron chi connectivity index (χ2n) is 7.88. The second kappa shape index (κ2) is 7.92. The van der Waals surface area contributed by atoms with Crippen LogP contribution in [-0.2, 0) is 20.0 Å². The van der Waals surface area contributed by atoms with Crippen molar-refractivity contribution in [1.82, 2.24) is 19.6 Å². The van der Waals surface area contributed by atoms with Gasteiger partial charge in [0.05, 0.1) is 16.6 Å². The Bertz CT molecular complexity index is 1590. The summed E-state index contributed by atoms with van der Waals surface area (Å²) in [5, 5.41) is 16.4. The fourth-order valence-corrected chi connectivity index (χ4v) is 6.93. The third-order valence-electron chi connectivity index (χ3n) is 5.83. The first kappa shape index (κ1) is 22.5. The lowest BCUT2D eigenvalue weighted by atomic mass is 9.97. The first-order valence-electron chi connectivity index (χ1n) is 10.1. The van der Waals surface area contributed by atoms with E-state index in [-0.39, 0.29) is 30.1 Å². The summed E-state index contributed by atoms with van der Waals surface area (Å²) in [4.78, 5) is 10.3. The quantitative estimate of drug-likeness (QED) is 0.368. The molecule has 0 saturated carbocycles. The van der Waals surface area contributed by atoms with Gasteiger partial charge in [0.1, 0.15) is 9.79 Å². The van der Waals surface area contributed by atoms with Gasteiger partial charge in [-0.2, -0.15) is 9.42 Å². The minimum absolute atomic E-state index is 0.0248. The topological polar surface area (TPSA) is 201 Å². The first-order chi connectivity index (χ1) is 16.1. The highest BCUT2D eigenvalue weighted by atomic mass is 32.2. The Morgan fingerprint density at radius 1 is 1.09 bits per heavy atom. The first-order valence-corrected chi connectivity index (χ1v) is 13.1. The zero-order valence-electron chi connectivity index (χ0n) is 17.9. The van der Waals surface area contributed by atoms with E-state index in [0.717, 1.165) is 4.31 Å². The van der Waals surface area contributed by atoms with Gasteiger partial charge in [0, 0.05) is 31.7 Å². The van der Waals surface area contributed by atoms with E-state index in [4.69, 9.17) is 10.9 Å². The molecule has 1 fully saturated rings. The minimum Gasteiger partial charge on any atom is -0.369 e. The summed E-state index contributed by atoms with van der Waals surface area (Å²) >= 11 is 0. The van der Waals surface area contributed by atoms with E-state index in [9.17, 15) is 16.8 Å². The molecule has 0 atom stereocenters. The molecule has 13 nitrogen and oxygen atoms in total. The molecule has 0 amide bonds. The molecule has 3 aromatic rings. The molecule has 15 heteroatoms. The number of hydrogen-bond donors (Lipinski definition) is 4. The number of amidine groups is 1. The number of primary sulfonamides is 1. The van der Waals surface area contributed by atoms with Crippen LogP contribution in [0.1, 0.15) is 5.56 Å². The third kappa shape index (κ3) is 3.57. The largest absolute Gasteiger partial charge is 0.369 e. The third-order valence-corrected chi connectivity index (χ3v) is 8.91. The number of aromatic nitrogens is 2. The van der Waals surface area contributed by atoms with Gasteiger partial charge in [0.25, 0.3) is 0 Å². The lowest BCUT2D eigenvalue weighted by Gasteiger charge is -2.35. The number of likely N-dealkylation sites (N-methyl/N-ethyl adjacent to an activating group) is 1. The van der Waals surface area contributed by atoms with Crippen LogP contribution in [0.25, 0.3) is 22.2 Å². The molecule has 1 aromatic heterocycles. The van der Waals surface area contributed by atoms with Gasteiger partial charge in [-0.15, -0.1) is 5.11 Å². The van der Waals surface area contributed by atoms with Gasteiger partial charge in [-0.05, 0) is 17.7 Å². The smallest absolute Gasteiger partial charge is 0.244 e. The number of nitrogen functional groups attached to an aromatic ring is 1. The highest BCUT2D eigenvalue weighted by Crippen LogP contribution is 2.38. The van der Waals surface area contributed by atoms with Crippen LogP contribution in [0.5, 0.6) is 0 Å². The molecule has 0 unspecified atom stereocenters. The molecule has 0 aliphatic carbocycles. The standard InChI is InChI=1S/C19H21N9O4S2/c1-28(10-7-22-8-10)34(31,32)14-6-5-11(12-3-2-4-13-16(12)26-19(20)25-13)15(17(14)33(21,29)30)18-23-9-24-27-18/h2-6,10,22H,7-9H2,1H3,(H3,20,25,26)(H2,21,29,30). The number of anilines is 1. The van der Waals surface area contributed by atoms with Gasteiger partial charge in [0.2, 0.25) is 20.0 Å². The summed E-state index contributed by atoms with van der Waals surface area (Å²) in [7, 11) is -7.40. The molecule has 2 aliphatic heterocycles. The van der Waals surface area contributed by atoms with Crippen molar-refractivity contribution >= 4 is 42.9 Å². The Kier molecular flexibility index (Phi) is 5.25. The molecular formula is C19H21N9O4S2. The molecule has 1 saturated heterocycles. The molecule has 34 heavy (non-hydrogen) atoms. The van der Waals surface area contributed by atoms with Crippen LogP contribution in [0, 0.1) is 0 Å². The van der Waals surface area contributed by atoms with E-state index < -0.39 is 29.8 Å². The van der Waals surface area contributed by atoms with Crippen molar-refractivity contribution in [2.75, 3.05) is 32.5 Å². The number of azo groups is 1. The van der Waals surface area contributed by atoms with Gasteiger partial charge >= 0.3 is 0 Å². The number of aromatic amines is 1. The van der Waals surface area contributed by atoms with E-state index in [0.29, 0.717) is 35.2 Å². The van der Waals surface area contributed by atoms with E-state index in [2.05, 4.69) is 30.5 Å². The van der Waals surface area contributed by atoms with Crippen molar-refractivity contribution in [2.24, 2.45) is 20.4 Å². The van der Waals surface area contributed by atoms with Crippen LogP contribution in [0.4, 0.5) is 5.95 Å². The maximum absolute atomic E-state index is 13.5. The summed E-state index contributed by atoms with van der Waals surface area (Å²) in [5.74, 6) is 0.132. The molecule has 3 heterocycles. The lowest BCUT2D eigenvalue weighted by Crippen LogP contribution is -2.57. The predicted octanol–water partition coefficient (Wildman–Crippen LogP) is 0.222. The maximum atomic E-state index is 13.5. The van der Waals surface area contributed by atoms with E-state index in [1.807, 2.05) is 0 Å². The van der Waals surface area contributed by atoms with Gasteiger partial charge in [-0.1, -0.05) is 18.2 Å². The zero-order chi connectivity index (χ0) is 24.3. The van der Waals surface area contributed by atoms with Crippen LogP contribution >= 0.6 is 0 Å². The molecule has 2 aromatic carbocycles. The number of aliphatic imine (C=N–C) groups is 1. The number of hydrogen-bond acceptors (Lipinski definition) is 10. The highest BCUT2D eigenvalue weighted by molar-refractivity contribution is 7.92. The SMILES string of the molecule is CN(C1CNC1)S(=O)(=O)c1ccc(-c2cccc3[nH]c(N)nc23)c(C2=NCN=N2)c1S(N)(=O)=O. The Hall–Kier alpha value is -3.24. The Labute approximate surface area is 195 Å². The number of nitrogens with two attached hydrogens (primary N) is 2. The molecule has 0 bridgehead atoms. The average Bonchev–Trinajstić information content (AvgIpc) is 3.39. The number of rotatable bonds is 6. The van der Waals surface area contributed by atoms with Crippen LogP contribution in [0.3, 0.4) is 0 Å². The average molecular weight is 504 g/mol. The minimum atomic E-state index is -4.57. The Morgan fingerprint density at radius 3 is 2.47 bits per heavy atom. The number of imidazole rings is 1. The van der Waals surface area contributed by atoms with Crippen LogP contribution in [-0.4, -0.2) is 69.8 Å². The molecule has 5 rings (SSSR count). The van der Waals surface area contributed by atoms with E-state index >= 15 is 0 Å². The van der Waals surface area contributed by atoms with Crippen LogP contribution < -0.4 is 16.2 Å². The fourth-order valence-electron chi connectivity index (χ4n) is 4.00. The highest BCUT2D eigenvalue weighted by Gasteiger charge is 2.38. The number of nitrogens with zero attached hydrogens (tertiary/aromatic N) is 5. The van der Waals surface area contributed by atoms with Crippen LogP contribution in [0.15, 0.2) is 55.3 Å². The number of fused-ring (bicyclic) bond motifs is 1. The number of H-pyrrole nitrogens is 1. The van der Waals surface area contributed by atoms with Gasteiger partial charge < -0.3 is 16.0 Å². The van der Waals surface area contributed by atoms with Crippen molar-refractivity contribution in [1.29, 1.82) is 0 Å². The van der Waals surface area contributed by atoms with Crippen molar-refractivity contribution in [3.63, 3.8) is 0 Å². The monoisotopic (exact) mass is 503 g/mol. The van der Waals surface area contributed by atoms with E-state index in [1.54, 1.807) is 18.2 Å². The van der Waals surface area contributed by atoms with Crippen molar-refractivity contribution in [2.45, 2.75) is 15.8 Å².